The summed E-state index contributed by atoms with van der Waals surface area (Å²) < 4.78 is 66.2. The highest BCUT2D eigenvalue weighted by Gasteiger charge is 2.36. The lowest BCUT2D eigenvalue weighted by Gasteiger charge is -2.34. The molecule has 708 valence electrons. The number of ether oxygens (including phenoxy) is 11. The van der Waals surface area contributed by atoms with Crippen molar-refractivity contribution in [3.63, 3.8) is 0 Å². The molecule has 3 heterocycles. The predicted octanol–water partition coefficient (Wildman–Crippen LogP) is 6.43. The molecule has 1 aliphatic heterocycles. The average Bonchev–Trinajstić information content (AvgIpc) is 1.63. The van der Waals surface area contributed by atoms with Crippen LogP contribution in [0.3, 0.4) is 0 Å². The van der Waals surface area contributed by atoms with Gasteiger partial charge < -0.3 is 105 Å². The summed E-state index contributed by atoms with van der Waals surface area (Å²) in [5.74, 6) is 3.37. The summed E-state index contributed by atoms with van der Waals surface area (Å²) in [6.45, 7) is 38.1. The maximum absolute atomic E-state index is 13.9. The van der Waals surface area contributed by atoms with Gasteiger partial charge in [-0.1, -0.05) is 37.6 Å². The number of carbonyl (C=O) groups excluding carboxylic acids is 8. The number of aromatic amines is 1. The van der Waals surface area contributed by atoms with Crippen LogP contribution in [0.5, 0.6) is 6.01 Å². The lowest BCUT2D eigenvalue weighted by atomic mass is 9.93. The molecule has 36 nitrogen and oxygen atoms in total. The molecule has 1 saturated heterocycles. The second-order valence-electron chi connectivity index (χ2n) is 36.8. The molecule has 0 unspecified atom stereocenters. The number of H-pyrrole nitrogens is 1. The van der Waals surface area contributed by atoms with Gasteiger partial charge in [0, 0.05) is 101 Å². The number of aromatic nitrogens is 4. The molecule has 0 spiro atoms. The number of piperidine rings is 1. The zero-order chi connectivity index (χ0) is 91.7. The summed E-state index contributed by atoms with van der Waals surface area (Å²) in [7, 11) is 0. The van der Waals surface area contributed by atoms with Crippen molar-refractivity contribution in [3.8, 4) is 6.01 Å². The van der Waals surface area contributed by atoms with Crippen molar-refractivity contribution < 1.29 is 95.3 Å². The molecule has 13 N–H and O–H groups in total. The van der Waals surface area contributed by atoms with Crippen LogP contribution in [0.2, 0.25) is 0 Å². The first-order chi connectivity index (χ1) is 58.6. The minimum Gasteiger partial charge on any atom is -0.463 e. The molecule has 2 aromatic heterocycles. The van der Waals surface area contributed by atoms with E-state index in [0.29, 0.717) is 115 Å². The van der Waals surface area contributed by atoms with Gasteiger partial charge in [0.15, 0.2) is 11.5 Å². The molecule has 124 heavy (non-hydrogen) atoms. The van der Waals surface area contributed by atoms with Crippen molar-refractivity contribution in [1.82, 2.24) is 67.0 Å². The molecule has 3 aromatic rings. The molecule has 4 rings (SSSR count). The summed E-state index contributed by atoms with van der Waals surface area (Å²) in [5.41, 5.74) is 4.67. The zero-order valence-electron chi connectivity index (χ0n) is 77.6. The topological polar surface area (TPSA) is 462 Å². The summed E-state index contributed by atoms with van der Waals surface area (Å²) in [5, 5.41) is 23.6. The SMILES string of the molecule is CCCCOc1nc(N)c2[nH]c(=O)n(Cc3ccc(CN4CCC(CCNC(=O)[C@H](CCCCNC(=O)CCCC(=O)NCCOCCOCCOCCOCCC(=O)NC(COCCC(=O)NC(C)(C)CCOC(C)(C)C)(COCCC(=O)NC(C)(C)CCOC(C)(C)C)COCCC(=O)NC(C)(C)CCOC(C)(C)C)NC(=O)CON)CC4)cc3)c2n1. The van der Waals surface area contributed by atoms with Gasteiger partial charge in [0.05, 0.1) is 122 Å². The van der Waals surface area contributed by atoms with Gasteiger partial charge in [0.1, 0.15) is 23.7 Å². The van der Waals surface area contributed by atoms with E-state index >= 15 is 0 Å². The van der Waals surface area contributed by atoms with Crippen molar-refractivity contribution in [1.29, 1.82) is 0 Å². The first-order valence-corrected chi connectivity index (χ1v) is 44.4. The average molecular weight is 1760 g/mol. The molecule has 8 amide bonds. The van der Waals surface area contributed by atoms with E-state index in [2.05, 4.69) is 86.3 Å². The van der Waals surface area contributed by atoms with E-state index in [1.165, 1.54) is 4.57 Å². The van der Waals surface area contributed by atoms with E-state index in [1.807, 2.05) is 116 Å². The lowest BCUT2D eigenvalue weighted by Crippen LogP contribution is -2.59. The van der Waals surface area contributed by atoms with Crippen LogP contribution in [0.15, 0.2) is 29.1 Å². The van der Waals surface area contributed by atoms with Crippen LogP contribution in [-0.4, -0.2) is 275 Å². The van der Waals surface area contributed by atoms with Crippen molar-refractivity contribution in [3.05, 3.63) is 45.9 Å². The molecular weight excluding hydrogens is 1600 g/mol. The number of imidazole rings is 1. The van der Waals surface area contributed by atoms with Crippen LogP contribution in [0.4, 0.5) is 5.82 Å². The number of unbranched alkanes of at least 4 members (excludes halogenated alkanes) is 2. The molecular formula is C88H155N15O21. The highest BCUT2D eigenvalue weighted by atomic mass is 16.6. The molecule has 0 aliphatic carbocycles. The van der Waals surface area contributed by atoms with Crippen molar-refractivity contribution in [2.75, 3.05) is 164 Å². The summed E-state index contributed by atoms with van der Waals surface area (Å²) in [6.07, 6.45) is 8.34. The fourth-order valence-corrected chi connectivity index (χ4v) is 13.0. The van der Waals surface area contributed by atoms with Crippen molar-refractivity contribution in [2.24, 2.45) is 11.8 Å². The normalized spacial score (nSPS) is 13.7. The highest BCUT2D eigenvalue weighted by molar-refractivity contribution is 5.88. The first kappa shape index (κ1) is 109. The van der Waals surface area contributed by atoms with E-state index in [-0.39, 0.29) is 201 Å². The molecule has 1 fully saturated rings. The fraction of sp³-hybridized carbons (Fsp3) is 0.784. The van der Waals surface area contributed by atoms with Gasteiger partial charge >= 0.3 is 11.7 Å². The maximum atomic E-state index is 13.9. The minimum absolute atomic E-state index is 0.01000. The van der Waals surface area contributed by atoms with E-state index in [1.54, 1.807) is 0 Å². The molecule has 1 atom stereocenters. The lowest BCUT2D eigenvalue weighted by molar-refractivity contribution is -0.132. The van der Waals surface area contributed by atoms with Gasteiger partial charge in [-0.05, 0) is 205 Å². The van der Waals surface area contributed by atoms with Crippen LogP contribution in [0.25, 0.3) is 11.2 Å². The summed E-state index contributed by atoms with van der Waals surface area (Å²) >= 11 is 0. The van der Waals surface area contributed by atoms with E-state index in [0.717, 1.165) is 62.9 Å². The number of rotatable bonds is 67. The third-order valence-electron chi connectivity index (χ3n) is 19.9. The quantitative estimate of drug-likeness (QED) is 0.0214. The molecule has 0 saturated carbocycles. The third-order valence-corrected chi connectivity index (χ3v) is 19.9. The summed E-state index contributed by atoms with van der Waals surface area (Å²) in [4.78, 5) is 136. The zero-order valence-corrected chi connectivity index (χ0v) is 77.6. The summed E-state index contributed by atoms with van der Waals surface area (Å²) in [6, 6.07) is 7.50. The van der Waals surface area contributed by atoms with Gasteiger partial charge in [-0.15, -0.1) is 0 Å². The Labute approximate surface area is 735 Å². The Morgan fingerprint density at radius 3 is 1.40 bits per heavy atom. The fourth-order valence-electron chi connectivity index (χ4n) is 13.0. The minimum atomic E-state index is -1.34. The van der Waals surface area contributed by atoms with E-state index < -0.39 is 46.6 Å². The smallest absolute Gasteiger partial charge is 0.328 e. The van der Waals surface area contributed by atoms with Gasteiger partial charge in [-0.3, -0.25) is 52.7 Å². The second-order valence-corrected chi connectivity index (χ2v) is 36.8. The molecule has 1 aliphatic rings. The number of nitrogens with zero attached hydrogens (tertiary/aromatic N) is 4. The third kappa shape index (κ3) is 50.7. The highest BCUT2D eigenvalue weighted by Crippen LogP contribution is 2.25. The van der Waals surface area contributed by atoms with Gasteiger partial charge in [-0.25, -0.2) is 10.7 Å². The molecule has 1 aromatic carbocycles. The number of amides is 8. The largest absolute Gasteiger partial charge is 0.463 e. The van der Waals surface area contributed by atoms with Crippen LogP contribution in [-0.2, 0) is 104 Å². The van der Waals surface area contributed by atoms with Crippen molar-refractivity contribution >= 4 is 64.2 Å². The van der Waals surface area contributed by atoms with Crippen LogP contribution in [0.1, 0.15) is 237 Å². The number of nitrogens with two attached hydrogens (primary N) is 2. The Morgan fingerprint density at radius 2 is 0.927 bits per heavy atom. The Balaban J connectivity index is 1.10. The standard InChI is InChI=1S/C88H155N15O21/c1-17-18-44-120-80-96-77(89)76-78(97-80)103(81(112)95-76)60-67-27-25-66(26-28-67)59-102-42-30-65(31-43-102)29-40-93-79(111)68(94-75(110)61-124-90)22-19-20-39-91-69(104)23-21-24-70(105)92-41-52-114-54-56-116-58-57-115-55-53-113-45-32-74(109)101-88(62-117-46-33-71(106)98-85(11,12)36-49-121-82(2,3)4,63-118-47-34-72(107)99-86(13,14)37-50-122-83(5,6)7)64-119-48-35-73(108)100-87(15,16)38-51-123-84(8,9)10/h25-28,65,68H,17-24,29-64,90H2,1-16H3,(H,91,104)(H,92,105)(H,93,111)(H,94,110)(H,95,112)(H,98,106)(H,99,107)(H,100,108)(H,101,109)(H2,89,96,97)/t68-/m0/s1. The van der Waals surface area contributed by atoms with Crippen molar-refractivity contribution in [2.45, 2.75) is 284 Å². The number of carbonyl (C=O) groups is 8. The molecule has 0 bridgehead atoms. The molecule has 0 radical (unpaired) electrons. The number of likely N-dealkylation sites (tertiary alicyclic amines) is 1. The number of benzene rings is 1. The predicted molar refractivity (Wildman–Crippen MR) is 473 cm³/mol. The number of anilines is 1. The molecule has 36 heteroatoms. The van der Waals surface area contributed by atoms with E-state index in [9.17, 15) is 43.2 Å². The van der Waals surface area contributed by atoms with Crippen LogP contribution >= 0.6 is 0 Å². The first-order valence-electron chi connectivity index (χ1n) is 44.4. The Hall–Kier alpha value is -7.59. The Morgan fingerprint density at radius 1 is 0.484 bits per heavy atom. The second kappa shape index (κ2) is 57.3. The van der Waals surface area contributed by atoms with Gasteiger partial charge in [-0.2, -0.15) is 9.97 Å². The van der Waals surface area contributed by atoms with Crippen LogP contribution < -0.4 is 64.6 Å². The maximum Gasteiger partial charge on any atom is 0.328 e. The number of nitrogen functional groups attached to an aromatic ring is 1. The van der Waals surface area contributed by atoms with Gasteiger partial charge in [0.2, 0.25) is 47.3 Å². The number of hydrogen-bond acceptors (Lipinski definition) is 26. The monoisotopic (exact) mass is 1760 g/mol. The van der Waals surface area contributed by atoms with Gasteiger partial charge in [0.25, 0.3) is 0 Å². The number of nitrogens with one attached hydrogen (secondary N) is 9. The van der Waals surface area contributed by atoms with E-state index in [4.69, 9.17) is 63.7 Å². The van der Waals surface area contributed by atoms with Crippen LogP contribution in [0, 0.1) is 5.92 Å². The Bertz CT molecular complexity index is 3530. The number of hydrogen-bond donors (Lipinski definition) is 11. The number of fused-ring (bicyclic) bond motifs is 1. The Kier molecular flexibility index (Phi) is 50.2.